The van der Waals surface area contributed by atoms with Gasteiger partial charge in [0.05, 0.1) is 6.42 Å². The van der Waals surface area contributed by atoms with Gasteiger partial charge in [-0.2, -0.15) is 0 Å². The van der Waals surface area contributed by atoms with Crippen LogP contribution in [0.4, 0.5) is 0 Å². The number of likely N-dealkylation sites (tertiary alicyclic amines) is 1. The second kappa shape index (κ2) is 4.74. The van der Waals surface area contributed by atoms with Crippen LogP contribution in [0.2, 0.25) is 0 Å². The number of carboxylic acids is 1. The number of carboxylic acid groups (broad SMARTS) is 1. The molecule has 2 fully saturated rings. The Balaban J connectivity index is 1.79. The number of carbonyl (C=O) groups is 1. The molecule has 0 aromatic carbocycles. The van der Waals surface area contributed by atoms with Crippen LogP contribution in [0.15, 0.2) is 0 Å². The Kier molecular flexibility index (Phi) is 3.53. The van der Waals surface area contributed by atoms with E-state index in [4.69, 9.17) is 5.11 Å². The second-order valence-electron chi connectivity index (χ2n) is 5.88. The molecule has 1 saturated heterocycles. The van der Waals surface area contributed by atoms with E-state index >= 15 is 0 Å². The monoisotopic (exact) mass is 225 g/mol. The third-order valence-corrected chi connectivity index (χ3v) is 4.33. The third kappa shape index (κ3) is 2.57. The van der Waals surface area contributed by atoms with Crippen LogP contribution >= 0.6 is 0 Å². The van der Waals surface area contributed by atoms with Crippen molar-refractivity contribution in [2.24, 2.45) is 17.8 Å². The van der Waals surface area contributed by atoms with Crippen LogP contribution in [-0.2, 0) is 4.79 Å². The Morgan fingerprint density at radius 2 is 2.00 bits per heavy atom. The van der Waals surface area contributed by atoms with Gasteiger partial charge in [0.25, 0.3) is 0 Å². The zero-order valence-corrected chi connectivity index (χ0v) is 10.4. The number of hydrogen-bond donors (Lipinski definition) is 1. The van der Waals surface area contributed by atoms with E-state index in [2.05, 4.69) is 18.7 Å². The van der Waals surface area contributed by atoms with Gasteiger partial charge in [-0.15, -0.1) is 0 Å². The van der Waals surface area contributed by atoms with Crippen molar-refractivity contribution in [2.75, 3.05) is 13.1 Å². The predicted molar refractivity (Wildman–Crippen MR) is 63.3 cm³/mol. The van der Waals surface area contributed by atoms with Gasteiger partial charge in [0.2, 0.25) is 0 Å². The normalized spacial score (nSPS) is 37.0. The zero-order valence-electron chi connectivity index (χ0n) is 10.4. The molecule has 92 valence electrons. The molecule has 0 aromatic rings. The van der Waals surface area contributed by atoms with Crippen molar-refractivity contribution in [1.82, 2.24) is 4.90 Å². The summed E-state index contributed by atoms with van der Waals surface area (Å²) in [6, 6.07) is 0.716. The van der Waals surface area contributed by atoms with E-state index in [1.54, 1.807) is 0 Å². The SMILES string of the molecule is CC1CCC(C)C(N2CC(CC(=O)O)C2)C1. The lowest BCUT2D eigenvalue weighted by molar-refractivity contribution is -0.140. The Hall–Kier alpha value is -0.570. The zero-order chi connectivity index (χ0) is 11.7. The maximum atomic E-state index is 10.6. The summed E-state index contributed by atoms with van der Waals surface area (Å²) >= 11 is 0. The molecule has 3 atom stereocenters. The molecule has 3 nitrogen and oxygen atoms in total. The molecule has 0 aromatic heterocycles. The summed E-state index contributed by atoms with van der Waals surface area (Å²) in [6.45, 7) is 6.70. The third-order valence-electron chi connectivity index (χ3n) is 4.33. The molecule has 0 radical (unpaired) electrons. The van der Waals surface area contributed by atoms with Crippen LogP contribution in [0.5, 0.6) is 0 Å². The fourth-order valence-electron chi connectivity index (χ4n) is 3.27. The Morgan fingerprint density at radius 3 is 2.62 bits per heavy atom. The fraction of sp³-hybridized carbons (Fsp3) is 0.923. The number of aliphatic carboxylic acids is 1. The molecular weight excluding hydrogens is 202 g/mol. The lowest BCUT2D eigenvalue weighted by Crippen LogP contribution is -2.55. The first-order valence-electron chi connectivity index (χ1n) is 6.52. The molecule has 2 aliphatic rings. The predicted octanol–water partition coefficient (Wildman–Crippen LogP) is 2.22. The van der Waals surface area contributed by atoms with Gasteiger partial charge in [-0.25, -0.2) is 0 Å². The summed E-state index contributed by atoms with van der Waals surface area (Å²) in [7, 11) is 0. The minimum absolute atomic E-state index is 0.354. The molecule has 0 amide bonds. The topological polar surface area (TPSA) is 40.5 Å². The van der Waals surface area contributed by atoms with Crippen molar-refractivity contribution in [3.8, 4) is 0 Å². The van der Waals surface area contributed by atoms with Crippen molar-refractivity contribution in [3.05, 3.63) is 0 Å². The molecule has 16 heavy (non-hydrogen) atoms. The van der Waals surface area contributed by atoms with Gasteiger partial charge in [-0.3, -0.25) is 9.69 Å². The Labute approximate surface area is 97.8 Å². The lowest BCUT2D eigenvalue weighted by Gasteiger charge is -2.49. The molecule has 3 heteroatoms. The number of nitrogens with zero attached hydrogens (tertiary/aromatic N) is 1. The highest BCUT2D eigenvalue weighted by Crippen LogP contribution is 2.35. The highest BCUT2D eigenvalue weighted by atomic mass is 16.4. The van der Waals surface area contributed by atoms with Crippen LogP contribution in [-0.4, -0.2) is 35.1 Å². The van der Waals surface area contributed by atoms with E-state index in [0.29, 0.717) is 18.4 Å². The summed E-state index contributed by atoms with van der Waals surface area (Å²) in [4.78, 5) is 13.1. The van der Waals surface area contributed by atoms with Gasteiger partial charge in [-0.1, -0.05) is 20.3 Å². The van der Waals surface area contributed by atoms with Gasteiger partial charge in [0.1, 0.15) is 0 Å². The first-order valence-corrected chi connectivity index (χ1v) is 6.52. The van der Waals surface area contributed by atoms with Crippen molar-refractivity contribution in [2.45, 2.75) is 45.6 Å². The molecule has 1 N–H and O–H groups in total. The average Bonchev–Trinajstić information content (AvgIpc) is 2.15. The highest BCUT2D eigenvalue weighted by molar-refractivity contribution is 5.67. The smallest absolute Gasteiger partial charge is 0.303 e. The summed E-state index contributed by atoms with van der Waals surface area (Å²) in [6.07, 6.45) is 4.37. The van der Waals surface area contributed by atoms with E-state index in [9.17, 15) is 4.79 Å². The van der Waals surface area contributed by atoms with Crippen molar-refractivity contribution in [3.63, 3.8) is 0 Å². The maximum absolute atomic E-state index is 10.6. The standard InChI is InChI=1S/C13H23NO2/c1-9-3-4-10(2)12(5-9)14-7-11(8-14)6-13(15)16/h9-12H,3-8H2,1-2H3,(H,15,16). The van der Waals surface area contributed by atoms with Crippen LogP contribution in [0.25, 0.3) is 0 Å². The molecule has 1 heterocycles. The summed E-state index contributed by atoms with van der Waals surface area (Å²) in [5, 5.41) is 8.72. The van der Waals surface area contributed by atoms with Crippen LogP contribution in [0.1, 0.15) is 39.5 Å². The van der Waals surface area contributed by atoms with E-state index < -0.39 is 5.97 Å². The molecule has 2 rings (SSSR count). The van der Waals surface area contributed by atoms with Crippen LogP contribution in [0, 0.1) is 17.8 Å². The average molecular weight is 225 g/mol. The largest absolute Gasteiger partial charge is 0.481 e. The molecular formula is C13H23NO2. The minimum atomic E-state index is -0.644. The van der Waals surface area contributed by atoms with Gasteiger partial charge < -0.3 is 5.11 Å². The van der Waals surface area contributed by atoms with E-state index in [1.807, 2.05) is 0 Å². The molecule has 0 spiro atoms. The van der Waals surface area contributed by atoms with Gasteiger partial charge >= 0.3 is 5.97 Å². The van der Waals surface area contributed by atoms with Gasteiger partial charge in [0, 0.05) is 19.1 Å². The first-order chi connectivity index (χ1) is 7.56. The molecule has 1 aliphatic carbocycles. The summed E-state index contributed by atoms with van der Waals surface area (Å²) in [5.41, 5.74) is 0. The quantitative estimate of drug-likeness (QED) is 0.800. The van der Waals surface area contributed by atoms with Crippen LogP contribution < -0.4 is 0 Å². The van der Waals surface area contributed by atoms with Crippen molar-refractivity contribution >= 4 is 5.97 Å². The van der Waals surface area contributed by atoms with Crippen LogP contribution in [0.3, 0.4) is 0 Å². The molecule has 0 bridgehead atoms. The van der Waals surface area contributed by atoms with E-state index in [1.165, 1.54) is 19.3 Å². The minimum Gasteiger partial charge on any atom is -0.481 e. The Bertz CT molecular complexity index is 261. The molecule has 1 aliphatic heterocycles. The Morgan fingerprint density at radius 1 is 1.31 bits per heavy atom. The maximum Gasteiger partial charge on any atom is 0.303 e. The summed E-state index contributed by atoms with van der Waals surface area (Å²) in [5.74, 6) is 1.40. The van der Waals surface area contributed by atoms with Gasteiger partial charge in [-0.05, 0) is 30.6 Å². The number of hydrogen-bond acceptors (Lipinski definition) is 2. The van der Waals surface area contributed by atoms with Crippen molar-refractivity contribution in [1.29, 1.82) is 0 Å². The highest BCUT2D eigenvalue weighted by Gasteiger charge is 2.37. The summed E-state index contributed by atoms with van der Waals surface area (Å²) < 4.78 is 0. The van der Waals surface area contributed by atoms with Crippen molar-refractivity contribution < 1.29 is 9.90 Å². The molecule has 3 unspecified atom stereocenters. The first kappa shape index (κ1) is 11.9. The van der Waals surface area contributed by atoms with E-state index in [0.717, 1.165) is 24.9 Å². The molecule has 1 saturated carbocycles. The number of rotatable bonds is 3. The second-order valence-corrected chi connectivity index (χ2v) is 5.88. The lowest BCUT2D eigenvalue weighted by atomic mass is 9.77. The van der Waals surface area contributed by atoms with Gasteiger partial charge in [0.15, 0.2) is 0 Å². The van der Waals surface area contributed by atoms with E-state index in [-0.39, 0.29) is 0 Å². The fourth-order valence-corrected chi connectivity index (χ4v) is 3.27.